The van der Waals surface area contributed by atoms with Crippen LogP contribution in [-0.2, 0) is 4.79 Å². The van der Waals surface area contributed by atoms with Gasteiger partial charge in [-0.25, -0.2) is 0 Å². The lowest BCUT2D eigenvalue weighted by Crippen LogP contribution is -2.37. The van der Waals surface area contributed by atoms with Crippen LogP contribution in [0.3, 0.4) is 0 Å². The molecule has 4 nitrogen and oxygen atoms in total. The van der Waals surface area contributed by atoms with Crippen LogP contribution >= 0.6 is 0 Å². The van der Waals surface area contributed by atoms with Crippen molar-refractivity contribution >= 4 is 11.9 Å². The van der Waals surface area contributed by atoms with Crippen molar-refractivity contribution in [1.82, 2.24) is 5.32 Å². The van der Waals surface area contributed by atoms with Gasteiger partial charge >= 0.3 is 5.97 Å². The molecule has 1 fully saturated rings. The molecule has 4 heteroatoms. The summed E-state index contributed by atoms with van der Waals surface area (Å²) in [5.41, 5.74) is 2.61. The van der Waals surface area contributed by atoms with Gasteiger partial charge in [-0.2, -0.15) is 0 Å². The molecule has 1 aliphatic rings. The van der Waals surface area contributed by atoms with Crippen LogP contribution in [0.4, 0.5) is 0 Å². The number of carboxylic acids is 1. The predicted octanol–water partition coefficient (Wildman–Crippen LogP) is 2.92. The molecule has 0 spiro atoms. The normalized spacial score (nSPS) is 21.8. The average Bonchev–Trinajstić information content (AvgIpc) is 2.45. The molecule has 0 aromatic heterocycles. The smallest absolute Gasteiger partial charge is 0.306 e. The van der Waals surface area contributed by atoms with Crippen LogP contribution < -0.4 is 5.32 Å². The minimum absolute atomic E-state index is 0.0459. The summed E-state index contributed by atoms with van der Waals surface area (Å²) in [5, 5.41) is 12.2. The lowest BCUT2D eigenvalue weighted by atomic mass is 9.79. The highest BCUT2D eigenvalue weighted by Crippen LogP contribution is 2.29. The third kappa shape index (κ3) is 3.63. The molecule has 2 unspecified atom stereocenters. The van der Waals surface area contributed by atoms with E-state index >= 15 is 0 Å². The monoisotopic (exact) mass is 289 g/mol. The van der Waals surface area contributed by atoms with Gasteiger partial charge in [0.15, 0.2) is 0 Å². The minimum atomic E-state index is -0.735. The number of aryl methyl sites for hydroxylation is 2. The van der Waals surface area contributed by atoms with E-state index in [-0.39, 0.29) is 17.7 Å². The Bertz CT molecular complexity index is 519. The molecule has 1 aliphatic carbocycles. The number of carbonyl (C=O) groups is 2. The summed E-state index contributed by atoms with van der Waals surface area (Å²) in [6, 6.07) is 5.77. The van der Waals surface area contributed by atoms with Crippen molar-refractivity contribution in [2.45, 2.75) is 39.5 Å². The standard InChI is InChI=1S/C17H23NO3/c1-11-6-5-7-12(2)15(11)16(19)18-10-13-8-3-4-9-14(13)17(20)21/h5-7,13-14H,3-4,8-10H2,1-2H3,(H,18,19)(H,20,21). The van der Waals surface area contributed by atoms with Gasteiger partial charge in [0.2, 0.25) is 0 Å². The summed E-state index contributed by atoms with van der Waals surface area (Å²) in [7, 11) is 0. The van der Waals surface area contributed by atoms with Crippen molar-refractivity contribution in [3.05, 3.63) is 34.9 Å². The second kappa shape index (κ2) is 6.74. The molecule has 1 amide bonds. The molecule has 2 rings (SSSR count). The third-order valence-electron chi connectivity index (χ3n) is 4.46. The number of nitrogens with one attached hydrogen (secondary N) is 1. The van der Waals surface area contributed by atoms with E-state index in [4.69, 9.17) is 0 Å². The molecule has 21 heavy (non-hydrogen) atoms. The van der Waals surface area contributed by atoms with Crippen LogP contribution in [0.1, 0.15) is 47.2 Å². The first kappa shape index (κ1) is 15.5. The number of hydrogen-bond acceptors (Lipinski definition) is 2. The van der Waals surface area contributed by atoms with Crippen molar-refractivity contribution in [3.8, 4) is 0 Å². The van der Waals surface area contributed by atoms with E-state index in [1.54, 1.807) is 0 Å². The van der Waals surface area contributed by atoms with Gasteiger partial charge in [-0.1, -0.05) is 31.0 Å². The molecule has 2 atom stereocenters. The largest absolute Gasteiger partial charge is 0.481 e. The van der Waals surface area contributed by atoms with Gasteiger partial charge < -0.3 is 10.4 Å². The Hall–Kier alpha value is -1.84. The minimum Gasteiger partial charge on any atom is -0.481 e. The van der Waals surface area contributed by atoms with Crippen LogP contribution in [0.25, 0.3) is 0 Å². The lowest BCUT2D eigenvalue weighted by Gasteiger charge is -2.28. The highest BCUT2D eigenvalue weighted by atomic mass is 16.4. The summed E-state index contributed by atoms with van der Waals surface area (Å²) < 4.78 is 0. The topological polar surface area (TPSA) is 66.4 Å². The third-order valence-corrected chi connectivity index (χ3v) is 4.46. The van der Waals surface area contributed by atoms with Crippen LogP contribution in [0.15, 0.2) is 18.2 Å². The molecule has 1 aromatic rings. The lowest BCUT2D eigenvalue weighted by molar-refractivity contribution is -0.144. The van der Waals surface area contributed by atoms with E-state index in [0.29, 0.717) is 12.1 Å². The van der Waals surface area contributed by atoms with Crippen molar-refractivity contribution < 1.29 is 14.7 Å². The van der Waals surface area contributed by atoms with Gasteiger partial charge in [0.05, 0.1) is 5.92 Å². The second-order valence-electron chi connectivity index (χ2n) is 5.97. The van der Waals surface area contributed by atoms with Gasteiger partial charge in [0, 0.05) is 12.1 Å². The summed E-state index contributed by atoms with van der Waals surface area (Å²) in [6.45, 7) is 4.29. The SMILES string of the molecule is Cc1cccc(C)c1C(=O)NCC1CCCCC1C(=O)O. The number of amides is 1. The Morgan fingerprint density at radius 2 is 1.81 bits per heavy atom. The molecule has 0 saturated heterocycles. The zero-order valence-corrected chi connectivity index (χ0v) is 12.7. The van der Waals surface area contributed by atoms with E-state index in [2.05, 4.69) is 5.32 Å². The van der Waals surface area contributed by atoms with Gasteiger partial charge in [-0.05, 0) is 43.7 Å². The maximum atomic E-state index is 12.3. The molecule has 0 heterocycles. The first-order chi connectivity index (χ1) is 10.0. The van der Waals surface area contributed by atoms with E-state index in [1.807, 2.05) is 32.0 Å². The molecular formula is C17H23NO3. The Balaban J connectivity index is 2.02. The second-order valence-corrected chi connectivity index (χ2v) is 5.97. The Morgan fingerprint density at radius 1 is 1.19 bits per heavy atom. The fourth-order valence-electron chi connectivity index (χ4n) is 3.26. The molecular weight excluding hydrogens is 266 g/mol. The molecule has 2 N–H and O–H groups in total. The van der Waals surface area contributed by atoms with Crippen molar-refractivity contribution in [2.24, 2.45) is 11.8 Å². The molecule has 0 aliphatic heterocycles. The quantitative estimate of drug-likeness (QED) is 0.895. The van der Waals surface area contributed by atoms with E-state index in [9.17, 15) is 14.7 Å². The number of benzene rings is 1. The fraction of sp³-hybridized carbons (Fsp3) is 0.529. The van der Waals surface area contributed by atoms with Crippen LogP contribution in [-0.4, -0.2) is 23.5 Å². The van der Waals surface area contributed by atoms with Crippen molar-refractivity contribution in [1.29, 1.82) is 0 Å². The maximum absolute atomic E-state index is 12.3. The number of carbonyl (C=O) groups excluding carboxylic acids is 1. The summed E-state index contributed by atoms with van der Waals surface area (Å²) in [6.07, 6.45) is 3.62. The highest BCUT2D eigenvalue weighted by Gasteiger charge is 2.31. The Labute approximate surface area is 125 Å². The van der Waals surface area contributed by atoms with Crippen LogP contribution in [0, 0.1) is 25.7 Å². The molecule has 114 valence electrons. The number of carboxylic acid groups (broad SMARTS) is 1. The number of hydrogen-bond donors (Lipinski definition) is 2. The first-order valence-electron chi connectivity index (χ1n) is 7.58. The van der Waals surface area contributed by atoms with Gasteiger partial charge in [0.1, 0.15) is 0 Å². The average molecular weight is 289 g/mol. The van der Waals surface area contributed by atoms with E-state index < -0.39 is 5.97 Å². The van der Waals surface area contributed by atoms with Gasteiger partial charge in [-0.15, -0.1) is 0 Å². The number of aliphatic carboxylic acids is 1. The van der Waals surface area contributed by atoms with Gasteiger partial charge in [0.25, 0.3) is 5.91 Å². The first-order valence-corrected chi connectivity index (χ1v) is 7.58. The molecule has 1 aromatic carbocycles. The predicted molar refractivity (Wildman–Crippen MR) is 81.3 cm³/mol. The zero-order chi connectivity index (χ0) is 15.4. The van der Waals surface area contributed by atoms with Crippen LogP contribution in [0.2, 0.25) is 0 Å². The Morgan fingerprint density at radius 3 is 2.43 bits per heavy atom. The summed E-state index contributed by atoms with van der Waals surface area (Å²) >= 11 is 0. The van der Waals surface area contributed by atoms with E-state index in [1.165, 1.54) is 0 Å². The number of rotatable bonds is 4. The summed E-state index contributed by atoms with van der Waals surface area (Å²) in [4.78, 5) is 23.6. The maximum Gasteiger partial charge on any atom is 0.306 e. The molecule has 0 bridgehead atoms. The Kier molecular flexibility index (Phi) is 4.99. The van der Waals surface area contributed by atoms with Gasteiger partial charge in [-0.3, -0.25) is 9.59 Å². The highest BCUT2D eigenvalue weighted by molar-refractivity contribution is 5.97. The zero-order valence-electron chi connectivity index (χ0n) is 12.7. The molecule has 1 saturated carbocycles. The molecule has 0 radical (unpaired) electrons. The van der Waals surface area contributed by atoms with Crippen molar-refractivity contribution in [2.75, 3.05) is 6.54 Å². The summed E-state index contributed by atoms with van der Waals surface area (Å²) in [5.74, 6) is -1.11. The fourth-order valence-corrected chi connectivity index (χ4v) is 3.26. The van der Waals surface area contributed by atoms with Crippen molar-refractivity contribution in [3.63, 3.8) is 0 Å². The van der Waals surface area contributed by atoms with Crippen LogP contribution in [0.5, 0.6) is 0 Å². The van der Waals surface area contributed by atoms with E-state index in [0.717, 1.165) is 36.8 Å².